The Morgan fingerprint density at radius 2 is 1.86 bits per heavy atom. The second-order valence-electron chi connectivity index (χ2n) is 7.80. The number of alkyl carbamates (subject to hydrolysis) is 1. The SMILES string of the molecule is CCC(C)[C@H](NC(=O)OC(C)(C)C)c1nnc(S(=O)(=O)Cc2ccc(Cl)cc2)o1. The standard InChI is InChI=1S/C19H26ClN3O5S/c1-6-12(2)15(21-17(24)28-19(3,4)5)16-22-23-18(27-16)29(25,26)11-13-7-9-14(20)10-8-13/h7-10,12,15H,6,11H2,1-5H3,(H,21,24)/t12?,15-/m0/s1. The first-order valence-corrected chi connectivity index (χ1v) is 11.2. The molecule has 29 heavy (non-hydrogen) atoms. The second-order valence-corrected chi connectivity index (χ2v) is 10.1. The quantitative estimate of drug-likeness (QED) is 0.678. The van der Waals surface area contributed by atoms with Crippen LogP contribution in [0.1, 0.15) is 58.5 Å². The molecule has 0 spiro atoms. The number of aromatic nitrogens is 2. The molecule has 1 aromatic heterocycles. The molecular weight excluding hydrogens is 418 g/mol. The zero-order valence-corrected chi connectivity index (χ0v) is 18.7. The number of amides is 1. The molecule has 8 nitrogen and oxygen atoms in total. The molecule has 1 N–H and O–H groups in total. The molecule has 1 unspecified atom stereocenters. The fourth-order valence-electron chi connectivity index (χ4n) is 2.45. The molecule has 0 radical (unpaired) electrons. The van der Waals surface area contributed by atoms with Crippen molar-refractivity contribution in [3.8, 4) is 0 Å². The van der Waals surface area contributed by atoms with Gasteiger partial charge in [-0.05, 0) is 44.4 Å². The number of sulfone groups is 1. The van der Waals surface area contributed by atoms with Crippen molar-refractivity contribution in [3.05, 3.63) is 40.7 Å². The van der Waals surface area contributed by atoms with Gasteiger partial charge in [-0.15, -0.1) is 5.10 Å². The Morgan fingerprint density at radius 1 is 1.24 bits per heavy atom. The Bertz CT molecular complexity index is 935. The second kappa shape index (κ2) is 9.13. The maximum absolute atomic E-state index is 12.6. The van der Waals surface area contributed by atoms with E-state index < -0.39 is 32.8 Å². The van der Waals surface area contributed by atoms with Crippen molar-refractivity contribution in [2.75, 3.05) is 0 Å². The summed E-state index contributed by atoms with van der Waals surface area (Å²) in [4.78, 5) is 12.2. The largest absolute Gasteiger partial charge is 0.444 e. The highest BCUT2D eigenvalue weighted by atomic mass is 35.5. The summed E-state index contributed by atoms with van der Waals surface area (Å²) in [7, 11) is -3.86. The number of ether oxygens (including phenoxy) is 1. The first-order valence-electron chi connectivity index (χ1n) is 9.21. The molecule has 1 aromatic carbocycles. The van der Waals surface area contributed by atoms with Gasteiger partial charge in [-0.3, -0.25) is 0 Å². The number of halogens is 1. The van der Waals surface area contributed by atoms with E-state index in [2.05, 4.69) is 15.5 Å². The predicted octanol–water partition coefficient (Wildman–Crippen LogP) is 4.31. The number of benzene rings is 1. The summed E-state index contributed by atoms with van der Waals surface area (Å²) in [6.07, 6.45) is 0.0435. The summed E-state index contributed by atoms with van der Waals surface area (Å²) in [6, 6.07) is 5.76. The molecule has 0 fully saturated rings. The third kappa shape index (κ3) is 6.71. The zero-order valence-electron chi connectivity index (χ0n) is 17.1. The monoisotopic (exact) mass is 443 g/mol. The lowest BCUT2D eigenvalue weighted by Crippen LogP contribution is -2.37. The number of carbonyl (C=O) groups excluding carboxylic acids is 1. The van der Waals surface area contributed by atoms with Gasteiger partial charge in [0.25, 0.3) is 0 Å². The molecule has 0 aliphatic carbocycles. The summed E-state index contributed by atoms with van der Waals surface area (Å²) >= 11 is 5.83. The van der Waals surface area contributed by atoms with Crippen LogP contribution in [0.4, 0.5) is 4.79 Å². The molecule has 0 saturated carbocycles. The lowest BCUT2D eigenvalue weighted by atomic mass is 9.99. The molecule has 1 heterocycles. The van der Waals surface area contributed by atoms with Crippen LogP contribution in [0.5, 0.6) is 0 Å². The normalized spacial score (nSPS) is 14.3. The van der Waals surface area contributed by atoms with E-state index in [4.69, 9.17) is 20.8 Å². The van der Waals surface area contributed by atoms with Crippen LogP contribution < -0.4 is 5.32 Å². The van der Waals surface area contributed by atoms with Gasteiger partial charge in [0.05, 0.1) is 5.75 Å². The summed E-state index contributed by atoms with van der Waals surface area (Å²) < 4.78 is 36.0. The van der Waals surface area contributed by atoms with Gasteiger partial charge in [0.15, 0.2) is 0 Å². The van der Waals surface area contributed by atoms with E-state index in [1.165, 1.54) is 0 Å². The third-order valence-electron chi connectivity index (χ3n) is 4.11. The first-order chi connectivity index (χ1) is 13.4. The highest BCUT2D eigenvalue weighted by Gasteiger charge is 2.31. The van der Waals surface area contributed by atoms with Crippen LogP contribution >= 0.6 is 11.6 Å². The highest BCUT2D eigenvalue weighted by molar-refractivity contribution is 7.90. The van der Waals surface area contributed by atoms with Crippen LogP contribution in [0.25, 0.3) is 0 Å². The fourth-order valence-corrected chi connectivity index (χ4v) is 3.71. The molecule has 2 atom stereocenters. The number of nitrogens with zero attached hydrogens (tertiary/aromatic N) is 2. The van der Waals surface area contributed by atoms with E-state index in [9.17, 15) is 13.2 Å². The molecule has 0 saturated heterocycles. The molecular formula is C19H26ClN3O5S. The average molecular weight is 444 g/mol. The Kier molecular flexibility index (Phi) is 7.29. The van der Waals surface area contributed by atoms with E-state index in [1.807, 2.05) is 13.8 Å². The number of carbonyl (C=O) groups is 1. The van der Waals surface area contributed by atoms with Crippen molar-refractivity contribution in [2.24, 2.45) is 5.92 Å². The molecule has 2 aromatic rings. The average Bonchev–Trinajstić information content (AvgIpc) is 3.10. The summed E-state index contributed by atoms with van der Waals surface area (Å²) in [6.45, 7) is 9.06. The van der Waals surface area contributed by atoms with E-state index in [1.54, 1.807) is 45.0 Å². The number of hydrogen-bond acceptors (Lipinski definition) is 7. The first kappa shape index (κ1) is 23.2. The van der Waals surface area contributed by atoms with Crippen molar-refractivity contribution in [1.29, 1.82) is 0 Å². The Labute approximate surface area is 175 Å². The van der Waals surface area contributed by atoms with Crippen LogP contribution in [0.15, 0.2) is 33.9 Å². The number of hydrogen-bond donors (Lipinski definition) is 1. The minimum Gasteiger partial charge on any atom is -0.444 e. The third-order valence-corrected chi connectivity index (χ3v) is 5.77. The molecule has 10 heteroatoms. The van der Waals surface area contributed by atoms with Gasteiger partial charge in [-0.25, -0.2) is 13.2 Å². The Morgan fingerprint density at radius 3 is 2.41 bits per heavy atom. The maximum Gasteiger partial charge on any atom is 0.408 e. The van der Waals surface area contributed by atoms with Crippen molar-refractivity contribution < 1.29 is 22.4 Å². The van der Waals surface area contributed by atoms with Gasteiger partial charge in [-0.1, -0.05) is 49.1 Å². The molecule has 0 aliphatic rings. The Hall–Kier alpha value is -2.13. The van der Waals surface area contributed by atoms with Gasteiger partial charge in [-0.2, -0.15) is 0 Å². The van der Waals surface area contributed by atoms with Crippen LogP contribution in [-0.2, 0) is 20.3 Å². The molecule has 2 rings (SSSR count). The van der Waals surface area contributed by atoms with Gasteiger partial charge >= 0.3 is 11.3 Å². The van der Waals surface area contributed by atoms with Crippen LogP contribution in [0.2, 0.25) is 5.02 Å². The number of rotatable bonds is 7. The lowest BCUT2D eigenvalue weighted by molar-refractivity contribution is 0.0473. The molecule has 1 amide bonds. The molecule has 160 valence electrons. The predicted molar refractivity (Wildman–Crippen MR) is 108 cm³/mol. The summed E-state index contributed by atoms with van der Waals surface area (Å²) in [5.41, 5.74) is -0.133. The van der Waals surface area contributed by atoms with E-state index in [-0.39, 0.29) is 17.6 Å². The van der Waals surface area contributed by atoms with Gasteiger partial charge < -0.3 is 14.5 Å². The Balaban J connectivity index is 2.22. The van der Waals surface area contributed by atoms with Crippen LogP contribution in [-0.4, -0.2) is 30.3 Å². The zero-order chi connectivity index (χ0) is 21.8. The van der Waals surface area contributed by atoms with E-state index in [0.29, 0.717) is 17.0 Å². The fraction of sp³-hybridized carbons (Fsp3) is 0.526. The molecule has 0 bridgehead atoms. The smallest absolute Gasteiger partial charge is 0.408 e. The maximum atomic E-state index is 12.6. The lowest BCUT2D eigenvalue weighted by Gasteiger charge is -2.24. The van der Waals surface area contributed by atoms with Crippen LogP contribution in [0, 0.1) is 5.92 Å². The van der Waals surface area contributed by atoms with Gasteiger partial charge in [0.2, 0.25) is 15.7 Å². The van der Waals surface area contributed by atoms with E-state index >= 15 is 0 Å². The minimum absolute atomic E-state index is 0.0138. The topological polar surface area (TPSA) is 111 Å². The summed E-state index contributed by atoms with van der Waals surface area (Å²) in [5.74, 6) is -0.381. The van der Waals surface area contributed by atoms with E-state index in [0.717, 1.165) is 0 Å². The number of nitrogens with one attached hydrogen (secondary N) is 1. The van der Waals surface area contributed by atoms with Crippen molar-refractivity contribution >= 4 is 27.5 Å². The van der Waals surface area contributed by atoms with Gasteiger partial charge in [0.1, 0.15) is 11.6 Å². The van der Waals surface area contributed by atoms with Crippen molar-refractivity contribution in [3.63, 3.8) is 0 Å². The minimum atomic E-state index is -3.86. The van der Waals surface area contributed by atoms with Crippen molar-refractivity contribution in [1.82, 2.24) is 15.5 Å². The molecule has 0 aliphatic heterocycles. The van der Waals surface area contributed by atoms with Crippen molar-refractivity contribution in [2.45, 2.75) is 63.7 Å². The van der Waals surface area contributed by atoms with Gasteiger partial charge in [0, 0.05) is 5.02 Å². The van der Waals surface area contributed by atoms with Crippen LogP contribution in [0.3, 0.4) is 0 Å². The summed E-state index contributed by atoms with van der Waals surface area (Å²) in [5, 5.41) is 10.3. The highest BCUT2D eigenvalue weighted by Crippen LogP contribution is 2.26.